The van der Waals surface area contributed by atoms with E-state index < -0.39 is 0 Å². The molecule has 0 atom stereocenters. The number of aromatic nitrogens is 1. The molecule has 3 aromatic rings. The van der Waals surface area contributed by atoms with E-state index >= 15 is 0 Å². The van der Waals surface area contributed by atoms with Gasteiger partial charge in [-0.1, -0.05) is 30.3 Å². The third-order valence-corrected chi connectivity index (χ3v) is 5.04. The van der Waals surface area contributed by atoms with Crippen LogP contribution in [0.5, 0.6) is 0 Å². The number of hydrogen-bond donors (Lipinski definition) is 0. The highest BCUT2D eigenvalue weighted by atomic mass is 16.1. The lowest BCUT2D eigenvalue weighted by Gasteiger charge is -2.16. The molecule has 5 heteroatoms. The van der Waals surface area contributed by atoms with Crippen LogP contribution in [0.25, 0.3) is 22.0 Å². The van der Waals surface area contributed by atoms with E-state index in [2.05, 4.69) is 11.0 Å². The summed E-state index contributed by atoms with van der Waals surface area (Å²) < 4.78 is 1.71. The van der Waals surface area contributed by atoms with Crippen LogP contribution in [0.15, 0.2) is 47.3 Å². The maximum Gasteiger partial charge on any atom is 0.258 e. The highest BCUT2D eigenvalue weighted by molar-refractivity contribution is 6.26. The molecule has 1 aliphatic rings. The Balaban J connectivity index is 2.04. The Morgan fingerprint density at radius 1 is 1.04 bits per heavy atom. The monoisotopic (exact) mass is 357 g/mol. The first-order valence-electron chi connectivity index (χ1n) is 8.92. The molecule has 0 saturated heterocycles. The first-order valence-corrected chi connectivity index (χ1v) is 8.92. The Bertz CT molecular complexity index is 1180. The van der Waals surface area contributed by atoms with Crippen molar-refractivity contribution < 1.29 is 4.79 Å². The van der Waals surface area contributed by atoms with E-state index in [0.29, 0.717) is 39.7 Å². The van der Waals surface area contributed by atoms with Gasteiger partial charge in [0.05, 0.1) is 22.9 Å². The molecule has 0 saturated carbocycles. The number of nitrogens with zero attached hydrogens (tertiary/aromatic N) is 3. The molecule has 0 spiro atoms. The van der Waals surface area contributed by atoms with Crippen molar-refractivity contribution in [3.8, 4) is 17.3 Å². The van der Waals surface area contributed by atoms with Gasteiger partial charge in [0, 0.05) is 28.4 Å². The molecule has 0 aliphatic heterocycles. The summed E-state index contributed by atoms with van der Waals surface area (Å²) in [6.45, 7) is 1.36. The molecule has 1 aromatic heterocycles. The number of benzene rings is 2. The van der Waals surface area contributed by atoms with Crippen molar-refractivity contribution in [2.45, 2.75) is 13.0 Å². The normalized spacial score (nSPS) is 12.3. The van der Waals surface area contributed by atoms with E-state index in [0.717, 1.165) is 18.5 Å². The predicted molar refractivity (Wildman–Crippen MR) is 105 cm³/mol. The Labute approximate surface area is 157 Å². The first kappa shape index (κ1) is 17.2. The van der Waals surface area contributed by atoms with Crippen LogP contribution in [-0.2, 0) is 6.54 Å². The number of carbonyl (C=O) groups is 1. The van der Waals surface area contributed by atoms with Crippen LogP contribution in [0, 0.1) is 11.3 Å². The quantitative estimate of drug-likeness (QED) is 0.563. The minimum absolute atomic E-state index is 0.0586. The molecule has 0 bridgehead atoms. The zero-order valence-electron chi connectivity index (χ0n) is 15.3. The minimum atomic E-state index is -0.149. The predicted octanol–water partition coefficient (Wildman–Crippen LogP) is 3.04. The van der Waals surface area contributed by atoms with Gasteiger partial charge in [0.1, 0.15) is 0 Å². The SMILES string of the molecule is CN(C)CCCn1c2c(c3ccc(C#N)cc3c1=O)C(=O)c1ccccc1-2. The molecule has 0 N–H and O–H groups in total. The van der Waals surface area contributed by atoms with Gasteiger partial charge in [-0.05, 0) is 39.2 Å². The summed E-state index contributed by atoms with van der Waals surface area (Å²) in [4.78, 5) is 28.5. The summed E-state index contributed by atoms with van der Waals surface area (Å²) >= 11 is 0. The second-order valence-corrected chi connectivity index (χ2v) is 7.08. The Morgan fingerprint density at radius 3 is 2.48 bits per heavy atom. The zero-order valence-corrected chi connectivity index (χ0v) is 15.3. The summed E-state index contributed by atoms with van der Waals surface area (Å²) in [6, 6.07) is 14.5. The number of nitriles is 1. The van der Waals surface area contributed by atoms with Gasteiger partial charge in [0.15, 0.2) is 5.78 Å². The summed E-state index contributed by atoms with van der Waals surface area (Å²) in [6.07, 6.45) is 0.791. The largest absolute Gasteiger partial charge is 0.309 e. The molecule has 27 heavy (non-hydrogen) atoms. The third kappa shape index (κ3) is 2.66. The molecule has 0 unspecified atom stereocenters. The van der Waals surface area contributed by atoms with E-state index in [9.17, 15) is 14.9 Å². The highest BCUT2D eigenvalue weighted by Crippen LogP contribution is 2.39. The van der Waals surface area contributed by atoms with E-state index in [1.165, 1.54) is 0 Å². The van der Waals surface area contributed by atoms with E-state index in [1.54, 1.807) is 22.8 Å². The number of fused-ring (bicyclic) bond motifs is 5. The summed E-state index contributed by atoms with van der Waals surface area (Å²) in [7, 11) is 3.98. The second kappa shape index (κ2) is 6.49. The Kier molecular flexibility index (Phi) is 4.14. The first-order chi connectivity index (χ1) is 13.0. The maximum atomic E-state index is 13.3. The van der Waals surface area contributed by atoms with Gasteiger partial charge in [0.2, 0.25) is 0 Å². The van der Waals surface area contributed by atoms with Crippen LogP contribution in [0.3, 0.4) is 0 Å². The van der Waals surface area contributed by atoms with Crippen LogP contribution in [0.4, 0.5) is 0 Å². The average molecular weight is 357 g/mol. The van der Waals surface area contributed by atoms with Gasteiger partial charge in [-0.2, -0.15) is 5.26 Å². The fourth-order valence-electron chi connectivity index (χ4n) is 3.81. The molecule has 5 nitrogen and oxygen atoms in total. The zero-order chi connectivity index (χ0) is 19.1. The van der Waals surface area contributed by atoms with Crippen molar-refractivity contribution in [3.63, 3.8) is 0 Å². The van der Waals surface area contributed by atoms with Gasteiger partial charge in [-0.15, -0.1) is 0 Å². The van der Waals surface area contributed by atoms with E-state index in [-0.39, 0.29) is 11.3 Å². The molecule has 0 radical (unpaired) electrons. The van der Waals surface area contributed by atoms with Crippen molar-refractivity contribution in [2.75, 3.05) is 20.6 Å². The lowest BCUT2D eigenvalue weighted by Crippen LogP contribution is -2.25. The molecule has 4 rings (SSSR count). The summed E-state index contributed by atoms with van der Waals surface area (Å²) in [5.74, 6) is -0.0586. The van der Waals surface area contributed by atoms with E-state index in [4.69, 9.17) is 0 Å². The van der Waals surface area contributed by atoms with Gasteiger partial charge in [-0.25, -0.2) is 0 Å². The van der Waals surface area contributed by atoms with Crippen LogP contribution >= 0.6 is 0 Å². The Hall–Kier alpha value is -3.23. The lowest BCUT2D eigenvalue weighted by atomic mass is 10.0. The minimum Gasteiger partial charge on any atom is -0.309 e. The van der Waals surface area contributed by atoms with Gasteiger partial charge in [0.25, 0.3) is 5.56 Å². The fourth-order valence-corrected chi connectivity index (χ4v) is 3.81. The molecular formula is C22H19N3O2. The lowest BCUT2D eigenvalue weighted by molar-refractivity contribution is 0.104. The molecule has 0 amide bonds. The molecule has 1 aliphatic carbocycles. The van der Waals surface area contributed by atoms with Crippen molar-refractivity contribution in [3.05, 3.63) is 69.5 Å². The molecule has 0 fully saturated rings. The van der Waals surface area contributed by atoms with Crippen LogP contribution in [0.1, 0.15) is 27.9 Å². The molecule has 2 aromatic carbocycles. The maximum absolute atomic E-state index is 13.3. The van der Waals surface area contributed by atoms with Crippen molar-refractivity contribution in [2.24, 2.45) is 0 Å². The highest BCUT2D eigenvalue weighted by Gasteiger charge is 2.32. The van der Waals surface area contributed by atoms with Crippen molar-refractivity contribution in [1.82, 2.24) is 9.47 Å². The third-order valence-electron chi connectivity index (χ3n) is 5.04. The molecule has 134 valence electrons. The van der Waals surface area contributed by atoms with Gasteiger partial charge < -0.3 is 9.47 Å². The topological polar surface area (TPSA) is 66.1 Å². The average Bonchev–Trinajstić information content (AvgIpc) is 2.97. The van der Waals surface area contributed by atoms with Gasteiger partial charge in [-0.3, -0.25) is 9.59 Å². The standard InChI is InChI=1S/C22H19N3O2/c1-24(2)10-5-11-25-20-16-6-3-4-7-17(16)21(26)19(20)15-9-8-14(13-23)12-18(15)22(25)27/h3-4,6-9,12H,5,10-11H2,1-2H3. The second-order valence-electron chi connectivity index (χ2n) is 7.08. The van der Waals surface area contributed by atoms with E-state index in [1.807, 2.05) is 38.4 Å². The summed E-state index contributed by atoms with van der Waals surface area (Å²) in [5, 5.41) is 10.3. The number of carbonyl (C=O) groups excluding carboxylic acids is 1. The smallest absolute Gasteiger partial charge is 0.258 e. The number of ketones is 1. The molecule has 1 heterocycles. The van der Waals surface area contributed by atoms with Crippen molar-refractivity contribution in [1.29, 1.82) is 5.26 Å². The van der Waals surface area contributed by atoms with Crippen LogP contribution in [-0.4, -0.2) is 35.9 Å². The summed E-state index contributed by atoms with van der Waals surface area (Å²) in [5.41, 5.74) is 2.99. The van der Waals surface area contributed by atoms with Crippen LogP contribution < -0.4 is 5.56 Å². The van der Waals surface area contributed by atoms with Crippen LogP contribution in [0.2, 0.25) is 0 Å². The number of rotatable bonds is 4. The van der Waals surface area contributed by atoms with Crippen molar-refractivity contribution >= 4 is 16.6 Å². The Morgan fingerprint density at radius 2 is 1.78 bits per heavy atom. The molecular weight excluding hydrogens is 338 g/mol. The van der Waals surface area contributed by atoms with Gasteiger partial charge >= 0.3 is 0 Å². The fraction of sp³-hybridized carbons (Fsp3) is 0.227. The number of pyridine rings is 1. The number of hydrogen-bond acceptors (Lipinski definition) is 4.